The van der Waals surface area contributed by atoms with E-state index in [4.69, 9.17) is 4.74 Å². The third kappa shape index (κ3) is 4.09. The van der Waals surface area contributed by atoms with Crippen LogP contribution in [0.15, 0.2) is 49.2 Å². The predicted molar refractivity (Wildman–Crippen MR) is 103 cm³/mol. The van der Waals surface area contributed by atoms with Crippen LogP contribution < -0.4 is 10.2 Å². The number of ether oxygens (including phenoxy) is 2. The number of hydrogen-bond donors (Lipinski definition) is 1. The van der Waals surface area contributed by atoms with Gasteiger partial charge in [0.25, 0.3) is 0 Å². The van der Waals surface area contributed by atoms with Gasteiger partial charge in [-0.05, 0) is 24.3 Å². The molecule has 1 fully saturated rings. The molecule has 2 amide bonds. The molecule has 0 bridgehead atoms. The topological polar surface area (TPSA) is 104 Å². The van der Waals surface area contributed by atoms with Crippen LogP contribution in [0.2, 0.25) is 0 Å². The molecule has 1 aliphatic rings. The van der Waals surface area contributed by atoms with Gasteiger partial charge in [-0.3, -0.25) is 4.90 Å². The van der Waals surface area contributed by atoms with Gasteiger partial charge >= 0.3 is 12.2 Å². The zero-order chi connectivity index (χ0) is 21.1. The molecular formula is C19H19FN6O4. The molecule has 3 aromatic rings. The number of hydrogen-bond acceptors (Lipinski definition) is 6. The van der Waals surface area contributed by atoms with E-state index in [1.165, 1.54) is 22.8 Å². The van der Waals surface area contributed by atoms with E-state index in [0.29, 0.717) is 12.2 Å². The largest absolute Gasteiger partial charge is 0.453 e. The summed E-state index contributed by atoms with van der Waals surface area (Å²) in [7, 11) is 1.24. The highest BCUT2D eigenvalue weighted by Gasteiger charge is 2.33. The van der Waals surface area contributed by atoms with E-state index < -0.39 is 24.1 Å². The number of carbonyl (C=O) groups excluding carboxylic acids is 2. The van der Waals surface area contributed by atoms with Crippen LogP contribution in [0.3, 0.4) is 0 Å². The highest BCUT2D eigenvalue weighted by molar-refractivity contribution is 5.90. The highest BCUT2D eigenvalue weighted by Crippen LogP contribution is 2.25. The van der Waals surface area contributed by atoms with Crippen molar-refractivity contribution in [2.75, 3.05) is 25.1 Å². The molecule has 156 valence electrons. The van der Waals surface area contributed by atoms with Crippen LogP contribution in [-0.2, 0) is 16.0 Å². The standard InChI is InChI=1S/C19H19FN6O4/c1-29-18(27)22-9-15-11-25(19(28)30-15)14-2-3-17(16(20)8-14)26-6-4-13(23-26)10-24-7-5-21-12-24/h2-8,12,15H,9-11H2,1H3,(H,22,27)/t15-/m0/s1. The fraction of sp³-hybridized carbons (Fsp3) is 0.263. The van der Waals surface area contributed by atoms with Gasteiger partial charge in [0.05, 0.1) is 44.5 Å². The minimum absolute atomic E-state index is 0.0997. The van der Waals surface area contributed by atoms with Crippen LogP contribution in [0.5, 0.6) is 0 Å². The molecule has 1 atom stereocenters. The lowest BCUT2D eigenvalue weighted by atomic mass is 10.2. The number of aromatic nitrogens is 4. The lowest BCUT2D eigenvalue weighted by Crippen LogP contribution is -2.34. The Kier molecular flexibility index (Phi) is 5.33. The number of halogens is 1. The van der Waals surface area contributed by atoms with E-state index in [0.717, 1.165) is 5.69 Å². The van der Waals surface area contributed by atoms with Gasteiger partial charge < -0.3 is 19.4 Å². The number of nitrogens with one attached hydrogen (secondary N) is 1. The maximum absolute atomic E-state index is 14.8. The Morgan fingerprint density at radius 2 is 2.23 bits per heavy atom. The van der Waals surface area contributed by atoms with E-state index in [1.807, 2.05) is 10.8 Å². The Labute approximate surface area is 170 Å². The first-order valence-corrected chi connectivity index (χ1v) is 9.13. The number of imidazole rings is 1. The first kappa shape index (κ1) is 19.4. The van der Waals surface area contributed by atoms with Gasteiger partial charge in [0, 0.05) is 18.6 Å². The van der Waals surface area contributed by atoms with Crippen LogP contribution in [0.4, 0.5) is 19.7 Å². The minimum atomic E-state index is -0.619. The molecule has 0 unspecified atom stereocenters. The van der Waals surface area contributed by atoms with Crippen molar-refractivity contribution in [1.29, 1.82) is 0 Å². The second kappa shape index (κ2) is 8.23. The highest BCUT2D eigenvalue weighted by atomic mass is 19.1. The predicted octanol–water partition coefficient (Wildman–Crippen LogP) is 1.94. The zero-order valence-electron chi connectivity index (χ0n) is 16.1. The molecule has 10 nitrogen and oxygen atoms in total. The molecule has 1 N–H and O–H groups in total. The van der Waals surface area contributed by atoms with E-state index in [-0.39, 0.29) is 18.8 Å². The van der Waals surface area contributed by atoms with Crippen molar-refractivity contribution in [1.82, 2.24) is 24.6 Å². The molecule has 11 heteroatoms. The van der Waals surface area contributed by atoms with Crippen LogP contribution >= 0.6 is 0 Å². The third-order valence-electron chi connectivity index (χ3n) is 4.57. The molecule has 3 heterocycles. The zero-order valence-corrected chi connectivity index (χ0v) is 16.1. The first-order valence-electron chi connectivity index (χ1n) is 9.13. The maximum Gasteiger partial charge on any atom is 0.414 e. The van der Waals surface area contributed by atoms with Crippen LogP contribution in [0.1, 0.15) is 5.69 Å². The van der Waals surface area contributed by atoms with E-state index in [1.54, 1.807) is 36.9 Å². The molecule has 30 heavy (non-hydrogen) atoms. The maximum atomic E-state index is 14.8. The summed E-state index contributed by atoms with van der Waals surface area (Å²) in [5, 5.41) is 6.86. The van der Waals surface area contributed by atoms with E-state index >= 15 is 0 Å². The summed E-state index contributed by atoms with van der Waals surface area (Å²) in [6, 6.07) is 6.22. The van der Waals surface area contributed by atoms with Crippen molar-refractivity contribution in [2.24, 2.45) is 0 Å². The molecule has 1 aliphatic heterocycles. The van der Waals surface area contributed by atoms with Gasteiger partial charge in [-0.25, -0.2) is 23.6 Å². The van der Waals surface area contributed by atoms with E-state index in [9.17, 15) is 14.0 Å². The summed E-state index contributed by atoms with van der Waals surface area (Å²) in [5.41, 5.74) is 1.36. The number of benzene rings is 1. The summed E-state index contributed by atoms with van der Waals surface area (Å²) in [6.07, 6.45) is 5.05. The molecule has 2 aromatic heterocycles. The van der Waals surface area contributed by atoms with Gasteiger partial charge in [0.1, 0.15) is 11.8 Å². The van der Waals surface area contributed by atoms with Gasteiger partial charge in [0.15, 0.2) is 5.82 Å². The van der Waals surface area contributed by atoms with Gasteiger partial charge in [-0.1, -0.05) is 0 Å². The average Bonchev–Trinajstić information content (AvgIpc) is 3.48. The van der Waals surface area contributed by atoms with Crippen molar-refractivity contribution in [3.05, 3.63) is 60.7 Å². The van der Waals surface area contributed by atoms with E-state index in [2.05, 4.69) is 20.1 Å². The van der Waals surface area contributed by atoms with Crippen molar-refractivity contribution in [3.8, 4) is 5.69 Å². The summed E-state index contributed by atoms with van der Waals surface area (Å²) < 4.78 is 27.8. The summed E-state index contributed by atoms with van der Waals surface area (Å²) in [6.45, 7) is 0.800. The monoisotopic (exact) mass is 414 g/mol. The number of carbonyl (C=O) groups is 2. The van der Waals surface area contributed by atoms with Gasteiger partial charge in [0.2, 0.25) is 0 Å². The van der Waals surface area contributed by atoms with Gasteiger partial charge in [-0.2, -0.15) is 5.10 Å². The Balaban J connectivity index is 1.45. The SMILES string of the molecule is COC(=O)NC[C@H]1CN(c2ccc(-n3ccc(Cn4ccnc4)n3)c(F)c2)C(=O)O1. The third-order valence-corrected chi connectivity index (χ3v) is 4.57. The van der Waals surface area contributed by atoms with Crippen molar-refractivity contribution < 1.29 is 23.5 Å². The van der Waals surface area contributed by atoms with Crippen LogP contribution in [0.25, 0.3) is 5.69 Å². The van der Waals surface area contributed by atoms with Crippen molar-refractivity contribution in [3.63, 3.8) is 0 Å². The molecule has 4 rings (SSSR count). The number of nitrogens with zero attached hydrogens (tertiary/aromatic N) is 5. The second-order valence-corrected chi connectivity index (χ2v) is 6.61. The minimum Gasteiger partial charge on any atom is -0.453 e. The Morgan fingerprint density at radius 3 is 2.97 bits per heavy atom. The number of anilines is 1. The Hall–Kier alpha value is -3.89. The molecule has 0 aliphatic carbocycles. The van der Waals surface area contributed by atoms with Crippen molar-refractivity contribution >= 4 is 17.9 Å². The Bertz CT molecular complexity index is 1050. The quantitative estimate of drug-likeness (QED) is 0.661. The molecule has 0 saturated carbocycles. The summed E-state index contributed by atoms with van der Waals surface area (Å²) in [4.78, 5) is 28.6. The smallest absolute Gasteiger partial charge is 0.414 e. The van der Waals surface area contributed by atoms with Crippen LogP contribution in [0, 0.1) is 5.82 Å². The Morgan fingerprint density at radius 1 is 1.37 bits per heavy atom. The number of rotatable bonds is 6. The summed E-state index contributed by atoms with van der Waals surface area (Å²) >= 11 is 0. The second-order valence-electron chi connectivity index (χ2n) is 6.61. The molecule has 1 aromatic carbocycles. The number of methoxy groups -OCH3 is 1. The first-order chi connectivity index (χ1) is 14.5. The lowest BCUT2D eigenvalue weighted by molar-refractivity contribution is 0.132. The average molecular weight is 414 g/mol. The molecule has 1 saturated heterocycles. The van der Waals surface area contributed by atoms with Crippen LogP contribution in [-0.4, -0.2) is 57.8 Å². The lowest BCUT2D eigenvalue weighted by Gasteiger charge is -2.14. The normalized spacial score (nSPS) is 15.9. The molecule has 0 radical (unpaired) electrons. The van der Waals surface area contributed by atoms with Gasteiger partial charge in [-0.15, -0.1) is 0 Å². The van der Waals surface area contributed by atoms with Crippen molar-refractivity contribution in [2.45, 2.75) is 12.6 Å². The fourth-order valence-electron chi connectivity index (χ4n) is 3.11. The fourth-order valence-corrected chi connectivity index (χ4v) is 3.11. The number of amides is 2. The molecular weight excluding hydrogens is 395 g/mol. The number of cyclic esters (lactones) is 1. The molecule has 0 spiro atoms. The summed E-state index contributed by atoms with van der Waals surface area (Å²) in [5.74, 6) is -0.534. The number of alkyl carbamates (subject to hydrolysis) is 1.